The van der Waals surface area contributed by atoms with E-state index in [1.807, 2.05) is 18.2 Å². The van der Waals surface area contributed by atoms with Crippen LogP contribution in [0.1, 0.15) is 19.5 Å². The van der Waals surface area contributed by atoms with E-state index in [1.165, 1.54) is 0 Å². The van der Waals surface area contributed by atoms with Crippen LogP contribution in [-0.4, -0.2) is 23.0 Å². The smallest absolute Gasteiger partial charge is 0.0707 e. The molecule has 2 rings (SSSR count). The van der Waals surface area contributed by atoms with Crippen molar-refractivity contribution in [3.8, 4) is 0 Å². The SMILES string of the molecule is CCN(CC)Cc1ccc2cc(N)ccc2n1. The summed E-state index contributed by atoms with van der Waals surface area (Å²) in [6.45, 7) is 7.36. The summed E-state index contributed by atoms with van der Waals surface area (Å²) in [6.07, 6.45) is 0. The van der Waals surface area contributed by atoms with Crippen LogP contribution in [0.3, 0.4) is 0 Å². The van der Waals surface area contributed by atoms with E-state index in [4.69, 9.17) is 5.73 Å². The molecule has 2 aromatic rings. The third kappa shape index (κ3) is 2.74. The zero-order valence-corrected chi connectivity index (χ0v) is 10.5. The maximum atomic E-state index is 5.75. The van der Waals surface area contributed by atoms with Gasteiger partial charge in [0.1, 0.15) is 0 Å². The quantitative estimate of drug-likeness (QED) is 0.820. The van der Waals surface area contributed by atoms with Crippen LogP contribution in [-0.2, 0) is 6.54 Å². The highest BCUT2D eigenvalue weighted by molar-refractivity contribution is 5.81. The topological polar surface area (TPSA) is 42.1 Å². The van der Waals surface area contributed by atoms with Crippen molar-refractivity contribution in [2.75, 3.05) is 18.8 Å². The van der Waals surface area contributed by atoms with E-state index in [0.29, 0.717) is 0 Å². The first-order chi connectivity index (χ1) is 8.22. The van der Waals surface area contributed by atoms with Gasteiger partial charge in [-0.3, -0.25) is 9.88 Å². The van der Waals surface area contributed by atoms with Crippen molar-refractivity contribution in [3.63, 3.8) is 0 Å². The predicted molar refractivity (Wildman–Crippen MR) is 72.8 cm³/mol. The Labute approximate surface area is 102 Å². The van der Waals surface area contributed by atoms with Gasteiger partial charge in [-0.25, -0.2) is 0 Å². The normalized spacial score (nSPS) is 11.2. The Morgan fingerprint density at radius 3 is 2.59 bits per heavy atom. The molecule has 1 aromatic heterocycles. The molecule has 1 aromatic carbocycles. The van der Waals surface area contributed by atoms with Crippen molar-refractivity contribution in [1.82, 2.24) is 9.88 Å². The van der Waals surface area contributed by atoms with E-state index >= 15 is 0 Å². The maximum Gasteiger partial charge on any atom is 0.0707 e. The minimum Gasteiger partial charge on any atom is -0.399 e. The third-order valence-corrected chi connectivity index (χ3v) is 3.05. The minimum atomic E-state index is 0.788. The highest BCUT2D eigenvalue weighted by Gasteiger charge is 2.03. The third-order valence-electron chi connectivity index (χ3n) is 3.05. The first-order valence-corrected chi connectivity index (χ1v) is 6.10. The molecule has 0 saturated carbocycles. The zero-order valence-electron chi connectivity index (χ0n) is 10.5. The molecule has 0 fully saturated rings. The molecule has 0 unspecified atom stereocenters. The summed E-state index contributed by atoms with van der Waals surface area (Å²) in [5, 5.41) is 1.10. The number of anilines is 1. The number of nitrogens with zero attached hydrogens (tertiary/aromatic N) is 2. The molecule has 90 valence electrons. The monoisotopic (exact) mass is 229 g/mol. The zero-order chi connectivity index (χ0) is 12.3. The van der Waals surface area contributed by atoms with E-state index in [1.54, 1.807) is 0 Å². The summed E-state index contributed by atoms with van der Waals surface area (Å²) < 4.78 is 0. The Kier molecular flexibility index (Phi) is 3.59. The second-order valence-corrected chi connectivity index (χ2v) is 4.22. The highest BCUT2D eigenvalue weighted by atomic mass is 15.1. The van der Waals surface area contributed by atoms with E-state index in [2.05, 4.69) is 35.9 Å². The molecule has 0 bridgehead atoms. The number of benzene rings is 1. The Balaban J connectivity index is 2.28. The molecule has 0 radical (unpaired) electrons. The van der Waals surface area contributed by atoms with Crippen LogP contribution in [0.4, 0.5) is 5.69 Å². The van der Waals surface area contributed by atoms with Gasteiger partial charge < -0.3 is 5.73 Å². The van der Waals surface area contributed by atoms with Gasteiger partial charge in [0.05, 0.1) is 11.2 Å². The number of fused-ring (bicyclic) bond motifs is 1. The fourth-order valence-corrected chi connectivity index (χ4v) is 1.95. The summed E-state index contributed by atoms with van der Waals surface area (Å²) in [5.41, 5.74) is 8.67. The molecule has 17 heavy (non-hydrogen) atoms. The molecule has 3 nitrogen and oxygen atoms in total. The number of hydrogen-bond acceptors (Lipinski definition) is 3. The highest BCUT2D eigenvalue weighted by Crippen LogP contribution is 2.16. The number of pyridine rings is 1. The summed E-state index contributed by atoms with van der Waals surface area (Å²) in [6, 6.07) is 10.0. The summed E-state index contributed by atoms with van der Waals surface area (Å²) in [4.78, 5) is 7.01. The van der Waals surface area contributed by atoms with Crippen LogP contribution in [0.15, 0.2) is 30.3 Å². The molecule has 2 N–H and O–H groups in total. The lowest BCUT2D eigenvalue weighted by atomic mass is 10.2. The summed E-state index contributed by atoms with van der Waals surface area (Å²) >= 11 is 0. The minimum absolute atomic E-state index is 0.788. The van der Waals surface area contributed by atoms with Crippen molar-refractivity contribution in [3.05, 3.63) is 36.0 Å². The molecule has 0 saturated heterocycles. The Morgan fingerprint density at radius 2 is 1.88 bits per heavy atom. The second kappa shape index (κ2) is 5.15. The van der Waals surface area contributed by atoms with Gasteiger partial charge in [0, 0.05) is 17.6 Å². The fourth-order valence-electron chi connectivity index (χ4n) is 1.95. The average Bonchev–Trinajstić information content (AvgIpc) is 2.36. The van der Waals surface area contributed by atoms with Gasteiger partial charge >= 0.3 is 0 Å². The van der Waals surface area contributed by atoms with Crippen LogP contribution < -0.4 is 5.73 Å². The van der Waals surface area contributed by atoms with Gasteiger partial charge in [-0.05, 0) is 37.4 Å². The van der Waals surface area contributed by atoms with Crippen molar-refractivity contribution in [2.45, 2.75) is 20.4 Å². The van der Waals surface area contributed by atoms with Crippen molar-refractivity contribution >= 4 is 16.6 Å². The second-order valence-electron chi connectivity index (χ2n) is 4.22. The molecule has 0 amide bonds. The lowest BCUT2D eigenvalue weighted by molar-refractivity contribution is 0.292. The molecule has 1 heterocycles. The van der Waals surface area contributed by atoms with Crippen molar-refractivity contribution in [1.29, 1.82) is 0 Å². The molecule has 0 aliphatic carbocycles. The largest absolute Gasteiger partial charge is 0.399 e. The van der Waals surface area contributed by atoms with Gasteiger partial charge in [0.25, 0.3) is 0 Å². The molecule has 0 atom stereocenters. The molecule has 0 aliphatic heterocycles. The predicted octanol–water partition coefficient (Wildman–Crippen LogP) is 2.66. The number of rotatable bonds is 4. The summed E-state index contributed by atoms with van der Waals surface area (Å²) in [7, 11) is 0. The van der Waals surface area contributed by atoms with Gasteiger partial charge in [0.15, 0.2) is 0 Å². The van der Waals surface area contributed by atoms with Crippen LogP contribution in [0.25, 0.3) is 10.9 Å². The Morgan fingerprint density at radius 1 is 1.12 bits per heavy atom. The van der Waals surface area contributed by atoms with E-state index in [0.717, 1.165) is 41.9 Å². The average molecular weight is 229 g/mol. The Bertz CT molecular complexity index is 504. The van der Waals surface area contributed by atoms with Crippen LogP contribution in [0.2, 0.25) is 0 Å². The van der Waals surface area contributed by atoms with Crippen molar-refractivity contribution < 1.29 is 0 Å². The standard InChI is InChI=1S/C14H19N3/c1-3-17(4-2)10-13-7-5-11-9-12(15)6-8-14(11)16-13/h5-9H,3-4,10,15H2,1-2H3. The van der Waals surface area contributed by atoms with Crippen LogP contribution in [0, 0.1) is 0 Å². The van der Waals surface area contributed by atoms with E-state index in [-0.39, 0.29) is 0 Å². The number of aromatic nitrogens is 1. The molecule has 0 spiro atoms. The Hall–Kier alpha value is -1.61. The number of nitrogen functional groups attached to an aromatic ring is 1. The van der Waals surface area contributed by atoms with E-state index < -0.39 is 0 Å². The number of nitrogens with two attached hydrogens (primary N) is 1. The van der Waals surface area contributed by atoms with Crippen LogP contribution >= 0.6 is 0 Å². The lowest BCUT2D eigenvalue weighted by Gasteiger charge is -2.17. The lowest BCUT2D eigenvalue weighted by Crippen LogP contribution is -2.22. The first-order valence-electron chi connectivity index (χ1n) is 6.10. The van der Waals surface area contributed by atoms with Crippen molar-refractivity contribution in [2.24, 2.45) is 0 Å². The van der Waals surface area contributed by atoms with Gasteiger partial charge in [0.2, 0.25) is 0 Å². The summed E-state index contributed by atoms with van der Waals surface area (Å²) in [5.74, 6) is 0. The fraction of sp³-hybridized carbons (Fsp3) is 0.357. The number of hydrogen-bond donors (Lipinski definition) is 1. The first kappa shape index (κ1) is 11.9. The molecular weight excluding hydrogens is 210 g/mol. The van der Waals surface area contributed by atoms with E-state index in [9.17, 15) is 0 Å². The van der Waals surface area contributed by atoms with Crippen LogP contribution in [0.5, 0.6) is 0 Å². The molecule has 0 aliphatic rings. The molecule has 3 heteroatoms. The van der Waals surface area contributed by atoms with Gasteiger partial charge in [-0.1, -0.05) is 19.9 Å². The maximum absolute atomic E-state index is 5.75. The van der Waals surface area contributed by atoms with Gasteiger partial charge in [-0.2, -0.15) is 0 Å². The van der Waals surface area contributed by atoms with Gasteiger partial charge in [-0.15, -0.1) is 0 Å². The molecular formula is C14H19N3.